The van der Waals surface area contributed by atoms with E-state index in [1.807, 2.05) is 60.4 Å². The number of carbonyl (C=O) groups excluding carboxylic acids is 1. The minimum absolute atomic E-state index is 0. The monoisotopic (exact) mass is 508 g/mol. The van der Waals surface area contributed by atoms with Crippen molar-refractivity contribution in [3.63, 3.8) is 0 Å². The highest BCUT2D eigenvalue weighted by Gasteiger charge is 2.21. The molecule has 0 saturated carbocycles. The van der Waals surface area contributed by atoms with E-state index in [1.54, 1.807) is 7.05 Å². The molecule has 0 radical (unpaired) electrons. The largest absolute Gasteiger partial charge is 0.363 e. The third-order valence-corrected chi connectivity index (χ3v) is 4.73. The Balaban J connectivity index is 0.00000300. The molecule has 2 heterocycles. The van der Waals surface area contributed by atoms with Crippen molar-refractivity contribution >= 4 is 47.3 Å². The Bertz CT molecular complexity index is 837. The number of aliphatic imine (C=N–C) groups is 1. The van der Waals surface area contributed by atoms with Gasteiger partial charge in [0, 0.05) is 59.1 Å². The lowest BCUT2D eigenvalue weighted by Gasteiger charge is -2.17. The molecule has 2 N–H and O–H groups in total. The maximum absolute atomic E-state index is 11.8. The average molecular weight is 508 g/mol. The maximum Gasteiger partial charge on any atom is 0.227 e. The molecule has 1 amide bonds. The molecule has 0 spiro atoms. The quantitative estimate of drug-likeness (QED) is 0.357. The van der Waals surface area contributed by atoms with Crippen LogP contribution in [0.2, 0.25) is 0 Å². The summed E-state index contributed by atoms with van der Waals surface area (Å²) in [5.41, 5.74) is 3.25. The summed E-state index contributed by atoms with van der Waals surface area (Å²) in [7, 11) is 5.71. The van der Waals surface area contributed by atoms with Gasteiger partial charge in [-0.1, -0.05) is 12.1 Å². The van der Waals surface area contributed by atoms with Crippen LogP contribution in [0.3, 0.4) is 0 Å². The number of guanidine groups is 1. The van der Waals surface area contributed by atoms with Crippen LogP contribution in [-0.4, -0.2) is 44.5 Å². The Kier molecular flexibility index (Phi) is 8.69. The van der Waals surface area contributed by atoms with E-state index >= 15 is 0 Å². The lowest BCUT2D eigenvalue weighted by atomic mass is 10.2. The molecule has 3 rings (SSSR count). The number of hydrogen-bond acceptors (Lipinski definition) is 4. The van der Waals surface area contributed by atoms with Crippen molar-refractivity contribution in [3.05, 3.63) is 53.7 Å². The lowest BCUT2D eigenvalue weighted by Crippen LogP contribution is -2.36. The second-order valence-electron chi connectivity index (χ2n) is 7.01. The molecule has 1 saturated heterocycles. The Morgan fingerprint density at radius 3 is 2.41 bits per heavy atom. The molecule has 1 aliphatic rings. The van der Waals surface area contributed by atoms with E-state index in [0.717, 1.165) is 41.6 Å². The van der Waals surface area contributed by atoms with Gasteiger partial charge < -0.3 is 20.4 Å². The van der Waals surface area contributed by atoms with Crippen molar-refractivity contribution in [2.24, 2.45) is 4.99 Å². The second kappa shape index (κ2) is 11.0. The summed E-state index contributed by atoms with van der Waals surface area (Å²) in [4.78, 5) is 24.3. The fourth-order valence-corrected chi connectivity index (χ4v) is 3.12. The predicted octanol–water partition coefficient (Wildman–Crippen LogP) is 2.76. The highest BCUT2D eigenvalue weighted by molar-refractivity contribution is 14.0. The Hall–Kier alpha value is -2.36. The number of pyridine rings is 1. The van der Waals surface area contributed by atoms with Crippen LogP contribution in [-0.2, 0) is 17.9 Å². The first-order valence-electron chi connectivity index (χ1n) is 9.53. The number of hydrogen-bond donors (Lipinski definition) is 2. The van der Waals surface area contributed by atoms with Crippen molar-refractivity contribution in [2.75, 3.05) is 37.5 Å². The number of nitrogens with one attached hydrogen (secondary N) is 2. The average Bonchev–Trinajstić information content (AvgIpc) is 3.14. The zero-order chi connectivity index (χ0) is 19.9. The summed E-state index contributed by atoms with van der Waals surface area (Å²) in [5.74, 6) is 1.88. The predicted molar refractivity (Wildman–Crippen MR) is 129 cm³/mol. The van der Waals surface area contributed by atoms with E-state index in [-0.39, 0.29) is 29.9 Å². The number of benzene rings is 1. The topological polar surface area (TPSA) is 72.9 Å². The molecule has 0 aliphatic carbocycles. The molecule has 7 nitrogen and oxygen atoms in total. The first-order chi connectivity index (χ1) is 13.6. The molecule has 1 aliphatic heterocycles. The van der Waals surface area contributed by atoms with Crippen LogP contribution in [0.15, 0.2) is 47.6 Å². The number of anilines is 2. The van der Waals surface area contributed by atoms with Gasteiger partial charge in [0.1, 0.15) is 5.82 Å². The third-order valence-electron chi connectivity index (χ3n) is 4.73. The Morgan fingerprint density at radius 1 is 1.14 bits per heavy atom. The number of aromatic nitrogens is 1. The van der Waals surface area contributed by atoms with Gasteiger partial charge in [0.2, 0.25) is 5.91 Å². The number of rotatable bonds is 6. The maximum atomic E-state index is 11.8. The molecule has 29 heavy (non-hydrogen) atoms. The standard InChI is InChI=1S/C21H28N6O.HI/c1-22-21(25-15-17-10-11-23-19(13-17)26(2)3)24-14-16-6-8-18(9-7-16)27-12-4-5-20(27)28;/h6-11,13H,4-5,12,14-15H2,1-3H3,(H2,22,24,25);1H. The summed E-state index contributed by atoms with van der Waals surface area (Å²) >= 11 is 0. The SMILES string of the molecule is CN=C(NCc1ccc(N2CCCC2=O)cc1)NCc1ccnc(N(C)C)c1.I. The Labute approximate surface area is 189 Å². The van der Waals surface area contributed by atoms with Crippen molar-refractivity contribution in [2.45, 2.75) is 25.9 Å². The van der Waals surface area contributed by atoms with Gasteiger partial charge in [-0.3, -0.25) is 9.79 Å². The van der Waals surface area contributed by atoms with E-state index in [2.05, 4.69) is 26.7 Å². The fraction of sp³-hybridized carbons (Fsp3) is 0.381. The Morgan fingerprint density at radius 2 is 1.83 bits per heavy atom. The number of amides is 1. The van der Waals surface area contributed by atoms with Crippen molar-refractivity contribution in [3.8, 4) is 0 Å². The molecule has 1 aromatic heterocycles. The highest BCUT2D eigenvalue weighted by atomic mass is 127. The molecule has 2 aromatic rings. The second-order valence-corrected chi connectivity index (χ2v) is 7.01. The molecule has 8 heteroatoms. The summed E-state index contributed by atoms with van der Waals surface area (Å²) in [6, 6.07) is 12.2. The van der Waals surface area contributed by atoms with Crippen molar-refractivity contribution in [1.82, 2.24) is 15.6 Å². The first-order valence-corrected chi connectivity index (χ1v) is 9.53. The van der Waals surface area contributed by atoms with Gasteiger partial charge in [-0.25, -0.2) is 4.98 Å². The molecule has 1 fully saturated rings. The molecule has 1 aromatic carbocycles. The van der Waals surface area contributed by atoms with Gasteiger partial charge in [0.25, 0.3) is 0 Å². The summed E-state index contributed by atoms with van der Waals surface area (Å²) in [6.07, 6.45) is 3.41. The summed E-state index contributed by atoms with van der Waals surface area (Å²) in [6.45, 7) is 2.14. The third kappa shape index (κ3) is 6.31. The number of halogens is 1. The summed E-state index contributed by atoms with van der Waals surface area (Å²) in [5, 5.41) is 6.65. The first kappa shape index (κ1) is 22.9. The zero-order valence-corrected chi connectivity index (χ0v) is 19.5. The minimum atomic E-state index is 0. The van der Waals surface area contributed by atoms with E-state index in [1.165, 1.54) is 0 Å². The molecule has 0 atom stereocenters. The van der Waals surface area contributed by atoms with Crippen LogP contribution in [0, 0.1) is 0 Å². The van der Waals surface area contributed by atoms with Crippen LogP contribution < -0.4 is 20.4 Å². The van der Waals surface area contributed by atoms with Gasteiger partial charge >= 0.3 is 0 Å². The van der Waals surface area contributed by atoms with E-state index < -0.39 is 0 Å². The van der Waals surface area contributed by atoms with Gasteiger partial charge in [-0.2, -0.15) is 0 Å². The summed E-state index contributed by atoms with van der Waals surface area (Å²) < 4.78 is 0. The van der Waals surface area contributed by atoms with Crippen molar-refractivity contribution < 1.29 is 4.79 Å². The molecule has 156 valence electrons. The molecular formula is C21H29IN6O. The van der Waals surface area contributed by atoms with Crippen LogP contribution in [0.1, 0.15) is 24.0 Å². The van der Waals surface area contributed by atoms with Crippen LogP contribution in [0.25, 0.3) is 0 Å². The molecule has 0 unspecified atom stereocenters. The normalized spacial score (nSPS) is 13.8. The minimum Gasteiger partial charge on any atom is -0.363 e. The van der Waals surface area contributed by atoms with E-state index in [0.29, 0.717) is 19.5 Å². The number of carbonyl (C=O) groups is 1. The zero-order valence-electron chi connectivity index (χ0n) is 17.2. The van der Waals surface area contributed by atoms with Crippen LogP contribution >= 0.6 is 24.0 Å². The van der Waals surface area contributed by atoms with E-state index in [9.17, 15) is 4.79 Å². The van der Waals surface area contributed by atoms with Crippen molar-refractivity contribution in [1.29, 1.82) is 0 Å². The van der Waals surface area contributed by atoms with Crippen LogP contribution in [0.5, 0.6) is 0 Å². The van der Waals surface area contributed by atoms with Gasteiger partial charge in [-0.15, -0.1) is 24.0 Å². The smallest absolute Gasteiger partial charge is 0.227 e. The van der Waals surface area contributed by atoms with Gasteiger partial charge in [0.15, 0.2) is 5.96 Å². The van der Waals surface area contributed by atoms with E-state index in [4.69, 9.17) is 0 Å². The molecular weight excluding hydrogens is 479 g/mol. The van der Waals surface area contributed by atoms with Gasteiger partial charge in [-0.05, 0) is 41.8 Å². The number of nitrogens with zero attached hydrogens (tertiary/aromatic N) is 4. The lowest BCUT2D eigenvalue weighted by molar-refractivity contribution is -0.117. The van der Waals surface area contributed by atoms with Gasteiger partial charge in [0.05, 0.1) is 0 Å². The highest BCUT2D eigenvalue weighted by Crippen LogP contribution is 2.21. The fourth-order valence-electron chi connectivity index (χ4n) is 3.12. The van der Waals surface area contributed by atoms with Crippen LogP contribution in [0.4, 0.5) is 11.5 Å². The molecule has 0 bridgehead atoms.